The Morgan fingerprint density at radius 1 is 1.00 bits per heavy atom. The second-order valence-corrected chi connectivity index (χ2v) is 4.12. The van der Waals surface area contributed by atoms with Crippen LogP contribution >= 0.6 is 0 Å². The van der Waals surface area contributed by atoms with Gasteiger partial charge in [0, 0.05) is 16.8 Å². The highest BCUT2D eigenvalue weighted by Gasteiger charge is 2.23. The lowest BCUT2D eigenvalue weighted by molar-refractivity contribution is 0.104. The third kappa shape index (κ3) is 1.66. The van der Waals surface area contributed by atoms with E-state index in [0.29, 0.717) is 16.8 Å². The number of nitrogens with one attached hydrogen (secondary N) is 1. The van der Waals surface area contributed by atoms with E-state index in [4.69, 9.17) is 0 Å². The Labute approximate surface area is 104 Å². The minimum absolute atomic E-state index is 0.0474. The lowest BCUT2D eigenvalue weighted by atomic mass is 10.1. The van der Waals surface area contributed by atoms with Crippen molar-refractivity contribution in [3.63, 3.8) is 0 Å². The Balaban J connectivity index is 2.02. The number of aromatic hydroxyl groups is 1. The summed E-state index contributed by atoms with van der Waals surface area (Å²) >= 11 is 0. The van der Waals surface area contributed by atoms with Gasteiger partial charge in [0.25, 0.3) is 0 Å². The van der Waals surface area contributed by atoms with E-state index in [1.165, 1.54) is 0 Å². The van der Waals surface area contributed by atoms with E-state index in [2.05, 4.69) is 5.32 Å². The minimum Gasteiger partial charge on any atom is -0.507 e. The molecule has 0 atom stereocenters. The number of hydrogen-bond donors (Lipinski definition) is 2. The molecule has 1 heterocycles. The van der Waals surface area contributed by atoms with Gasteiger partial charge >= 0.3 is 0 Å². The largest absolute Gasteiger partial charge is 0.507 e. The molecule has 0 fully saturated rings. The quantitative estimate of drug-likeness (QED) is 0.749. The SMILES string of the molecule is O=C1C(=Cc2ccccc2O)Nc2ccccc21. The van der Waals surface area contributed by atoms with Crippen molar-refractivity contribution in [2.24, 2.45) is 0 Å². The molecule has 0 amide bonds. The molecule has 88 valence electrons. The molecule has 0 bridgehead atoms. The highest BCUT2D eigenvalue weighted by atomic mass is 16.3. The van der Waals surface area contributed by atoms with E-state index in [1.807, 2.05) is 24.3 Å². The van der Waals surface area contributed by atoms with Crippen LogP contribution in [0.2, 0.25) is 0 Å². The summed E-state index contributed by atoms with van der Waals surface area (Å²) in [5.41, 5.74) is 2.59. The van der Waals surface area contributed by atoms with Crippen LogP contribution in [0.15, 0.2) is 54.2 Å². The molecule has 0 aromatic heterocycles. The Kier molecular flexibility index (Phi) is 2.38. The lowest BCUT2D eigenvalue weighted by Gasteiger charge is -2.00. The highest BCUT2D eigenvalue weighted by molar-refractivity contribution is 6.20. The van der Waals surface area contributed by atoms with Gasteiger partial charge in [0.1, 0.15) is 5.75 Å². The Bertz CT molecular complexity index is 659. The zero-order valence-electron chi connectivity index (χ0n) is 9.55. The monoisotopic (exact) mass is 237 g/mol. The third-order valence-corrected chi connectivity index (χ3v) is 2.92. The number of Topliss-reactive ketones (excluding diaryl/α,β-unsaturated/α-hetero) is 1. The van der Waals surface area contributed by atoms with Crippen LogP contribution in [0.1, 0.15) is 15.9 Å². The predicted molar refractivity (Wildman–Crippen MR) is 70.5 cm³/mol. The summed E-state index contributed by atoms with van der Waals surface area (Å²) in [5, 5.41) is 12.8. The standard InChI is InChI=1S/C15H11NO2/c17-14-8-4-1-5-10(14)9-13-15(18)11-6-2-3-7-12(11)16-13/h1-9,16-17H. The molecular weight excluding hydrogens is 226 g/mol. The van der Waals surface area contributed by atoms with E-state index in [9.17, 15) is 9.90 Å². The number of fused-ring (bicyclic) bond motifs is 1. The first kappa shape index (κ1) is 10.6. The number of allylic oxidation sites excluding steroid dienone is 1. The number of hydrogen-bond acceptors (Lipinski definition) is 3. The summed E-state index contributed by atoms with van der Waals surface area (Å²) in [5.74, 6) is 0.115. The van der Waals surface area contributed by atoms with Crippen molar-refractivity contribution in [1.29, 1.82) is 0 Å². The van der Waals surface area contributed by atoms with E-state index in [-0.39, 0.29) is 11.5 Å². The summed E-state index contributed by atoms with van der Waals surface area (Å²) in [7, 11) is 0. The zero-order valence-corrected chi connectivity index (χ0v) is 9.55. The highest BCUT2D eigenvalue weighted by Crippen LogP contribution is 2.29. The van der Waals surface area contributed by atoms with Crippen LogP contribution < -0.4 is 5.32 Å². The van der Waals surface area contributed by atoms with Crippen molar-refractivity contribution < 1.29 is 9.90 Å². The number of carbonyl (C=O) groups excluding carboxylic acids is 1. The average Bonchev–Trinajstić information content (AvgIpc) is 2.70. The average molecular weight is 237 g/mol. The summed E-state index contributed by atoms with van der Waals surface area (Å²) in [6.07, 6.45) is 1.66. The second-order valence-electron chi connectivity index (χ2n) is 4.12. The first-order valence-electron chi connectivity index (χ1n) is 5.66. The van der Waals surface area contributed by atoms with Gasteiger partial charge in [0.2, 0.25) is 5.78 Å². The van der Waals surface area contributed by atoms with Gasteiger partial charge in [-0.25, -0.2) is 0 Å². The molecule has 0 radical (unpaired) electrons. The molecule has 0 saturated carbocycles. The van der Waals surface area contributed by atoms with E-state index >= 15 is 0 Å². The lowest BCUT2D eigenvalue weighted by Crippen LogP contribution is -1.99. The second kappa shape index (κ2) is 4.04. The van der Waals surface area contributed by atoms with E-state index in [0.717, 1.165) is 5.69 Å². The van der Waals surface area contributed by atoms with Crippen LogP contribution in [0.5, 0.6) is 5.75 Å². The molecule has 0 unspecified atom stereocenters. The van der Waals surface area contributed by atoms with Crippen LogP contribution in [0, 0.1) is 0 Å². The molecule has 2 N–H and O–H groups in total. The Morgan fingerprint density at radius 3 is 2.50 bits per heavy atom. The maximum absolute atomic E-state index is 12.1. The molecule has 3 heteroatoms. The van der Waals surface area contributed by atoms with Crippen LogP contribution in [0.3, 0.4) is 0 Å². The fraction of sp³-hybridized carbons (Fsp3) is 0. The number of ketones is 1. The van der Waals surface area contributed by atoms with Crippen molar-refractivity contribution in [2.75, 3.05) is 5.32 Å². The predicted octanol–water partition coefficient (Wildman–Crippen LogP) is 3.04. The van der Waals surface area contributed by atoms with Crippen molar-refractivity contribution in [2.45, 2.75) is 0 Å². The maximum Gasteiger partial charge on any atom is 0.211 e. The molecule has 0 saturated heterocycles. The Morgan fingerprint density at radius 2 is 1.72 bits per heavy atom. The molecule has 3 nitrogen and oxygen atoms in total. The van der Waals surface area contributed by atoms with Crippen LogP contribution in [0.25, 0.3) is 6.08 Å². The van der Waals surface area contributed by atoms with Gasteiger partial charge in [-0.3, -0.25) is 4.79 Å². The molecule has 2 aromatic rings. The van der Waals surface area contributed by atoms with E-state index < -0.39 is 0 Å². The molecule has 1 aliphatic rings. The number of rotatable bonds is 1. The van der Waals surface area contributed by atoms with Crippen molar-refractivity contribution >= 4 is 17.5 Å². The molecule has 1 aliphatic heterocycles. The maximum atomic E-state index is 12.1. The first-order chi connectivity index (χ1) is 8.75. The summed E-state index contributed by atoms with van der Waals surface area (Å²) in [6, 6.07) is 14.3. The summed E-state index contributed by atoms with van der Waals surface area (Å²) in [6.45, 7) is 0. The number of para-hydroxylation sites is 2. The topological polar surface area (TPSA) is 49.3 Å². The third-order valence-electron chi connectivity index (χ3n) is 2.92. The molecule has 0 aliphatic carbocycles. The van der Waals surface area contributed by atoms with Gasteiger partial charge in [-0.15, -0.1) is 0 Å². The minimum atomic E-state index is -0.0474. The smallest absolute Gasteiger partial charge is 0.211 e. The molecule has 3 rings (SSSR count). The molecule has 0 spiro atoms. The Hall–Kier alpha value is -2.55. The van der Waals surface area contributed by atoms with Gasteiger partial charge in [-0.1, -0.05) is 30.3 Å². The normalized spacial score (nSPS) is 15.6. The molecular formula is C15H11NO2. The van der Waals surface area contributed by atoms with E-state index in [1.54, 1.807) is 30.3 Å². The molecule has 18 heavy (non-hydrogen) atoms. The van der Waals surface area contributed by atoms with Gasteiger partial charge in [0.05, 0.1) is 5.70 Å². The van der Waals surface area contributed by atoms with Crippen molar-refractivity contribution in [3.8, 4) is 5.75 Å². The summed E-state index contributed by atoms with van der Waals surface area (Å²) in [4.78, 5) is 12.1. The number of anilines is 1. The number of benzene rings is 2. The van der Waals surface area contributed by atoms with Gasteiger partial charge in [-0.2, -0.15) is 0 Å². The first-order valence-corrected chi connectivity index (χ1v) is 5.66. The van der Waals surface area contributed by atoms with Crippen molar-refractivity contribution in [3.05, 3.63) is 65.4 Å². The fourth-order valence-corrected chi connectivity index (χ4v) is 2.00. The number of phenols is 1. The van der Waals surface area contributed by atoms with Crippen molar-refractivity contribution in [1.82, 2.24) is 0 Å². The van der Waals surface area contributed by atoms with Crippen LogP contribution in [-0.2, 0) is 0 Å². The number of carbonyl (C=O) groups is 1. The van der Waals surface area contributed by atoms with Crippen LogP contribution in [0.4, 0.5) is 5.69 Å². The number of phenolic OH excluding ortho intramolecular Hbond substituents is 1. The van der Waals surface area contributed by atoms with Gasteiger partial charge in [0.15, 0.2) is 0 Å². The van der Waals surface area contributed by atoms with Gasteiger partial charge in [-0.05, 0) is 24.3 Å². The molecule has 2 aromatic carbocycles. The summed E-state index contributed by atoms with van der Waals surface area (Å²) < 4.78 is 0. The fourth-order valence-electron chi connectivity index (χ4n) is 2.00. The zero-order chi connectivity index (χ0) is 12.5. The van der Waals surface area contributed by atoms with Gasteiger partial charge < -0.3 is 10.4 Å². The van der Waals surface area contributed by atoms with Crippen LogP contribution in [-0.4, -0.2) is 10.9 Å².